The van der Waals surface area contributed by atoms with Crippen LogP contribution in [0.4, 0.5) is 0 Å². The van der Waals surface area contributed by atoms with Gasteiger partial charge < -0.3 is 18.6 Å². The van der Waals surface area contributed by atoms with E-state index in [-0.39, 0.29) is 21.7 Å². The summed E-state index contributed by atoms with van der Waals surface area (Å²) in [5.74, 6) is 0. The maximum Gasteiger partial charge on any atom is 2.00 e. The molecular formula is C17H16Ti. The summed E-state index contributed by atoms with van der Waals surface area (Å²) >= 11 is 0. The van der Waals surface area contributed by atoms with Gasteiger partial charge in [-0.1, -0.05) is 0 Å². The number of hydrogen-bond donors (Lipinski definition) is 0. The third-order valence-electron chi connectivity index (χ3n) is 1.88. The van der Waals surface area contributed by atoms with E-state index in [1.807, 2.05) is 88.5 Å². The minimum atomic E-state index is 0. The molecule has 0 aromatic heterocycles. The van der Waals surface area contributed by atoms with E-state index in [1.165, 1.54) is 0 Å². The van der Waals surface area contributed by atoms with Crippen LogP contribution in [0.2, 0.25) is 0 Å². The summed E-state index contributed by atoms with van der Waals surface area (Å²) in [6.07, 6.45) is 20.0. The van der Waals surface area contributed by atoms with Crippen molar-refractivity contribution in [2.45, 2.75) is 0 Å². The van der Waals surface area contributed by atoms with Crippen LogP contribution in [-0.4, -0.2) is 0 Å². The zero-order valence-corrected chi connectivity index (χ0v) is 11.9. The van der Waals surface area contributed by atoms with Crippen molar-refractivity contribution in [2.75, 3.05) is 0 Å². The molecule has 1 heteroatoms. The first-order valence-electron chi connectivity index (χ1n) is 5.51. The van der Waals surface area contributed by atoms with E-state index in [9.17, 15) is 0 Å². The van der Waals surface area contributed by atoms with Crippen molar-refractivity contribution in [3.63, 3.8) is 0 Å². The Morgan fingerprint density at radius 1 is 0.667 bits per heavy atom. The molecule has 0 atom stereocenters. The van der Waals surface area contributed by atoms with E-state index in [1.54, 1.807) is 0 Å². The molecule has 0 aliphatic heterocycles. The molecule has 1 aromatic carbocycles. The van der Waals surface area contributed by atoms with Gasteiger partial charge in [-0.15, -0.1) is 6.07 Å². The third-order valence-corrected chi connectivity index (χ3v) is 1.88. The Hall–Kier alpha value is -0.196. The number of hydrogen-bond acceptors (Lipinski definition) is 0. The van der Waals surface area contributed by atoms with Crippen LogP contribution in [0.5, 0.6) is 0 Å². The molecule has 0 unspecified atom stereocenters. The fourth-order valence-corrected chi connectivity index (χ4v) is 1.07. The van der Waals surface area contributed by atoms with Crippen molar-refractivity contribution >= 4 is 0 Å². The van der Waals surface area contributed by atoms with Crippen molar-refractivity contribution in [3.05, 3.63) is 107 Å². The van der Waals surface area contributed by atoms with Crippen LogP contribution in [0.25, 0.3) is 0 Å². The molecule has 0 saturated heterocycles. The van der Waals surface area contributed by atoms with E-state index >= 15 is 0 Å². The summed E-state index contributed by atoms with van der Waals surface area (Å²) in [5, 5.41) is 0. The summed E-state index contributed by atoms with van der Waals surface area (Å²) in [4.78, 5) is 0. The molecule has 88 valence electrons. The average molecular weight is 268 g/mol. The van der Waals surface area contributed by atoms with Gasteiger partial charge in [0.15, 0.2) is 0 Å². The Morgan fingerprint density at radius 2 is 1.06 bits per heavy atom. The number of benzene rings is 1. The van der Waals surface area contributed by atoms with Gasteiger partial charge in [0.2, 0.25) is 0 Å². The quantitative estimate of drug-likeness (QED) is 0.497. The Labute approximate surface area is 128 Å². The summed E-state index contributed by atoms with van der Waals surface area (Å²) in [5.41, 5.74) is 0.947. The van der Waals surface area contributed by atoms with Crippen LogP contribution in [0.1, 0.15) is 5.56 Å². The molecule has 2 aliphatic rings. The predicted molar refractivity (Wildman–Crippen MR) is 72.7 cm³/mol. The van der Waals surface area contributed by atoms with Crippen molar-refractivity contribution in [3.8, 4) is 0 Å². The predicted octanol–water partition coefficient (Wildman–Crippen LogP) is 3.71. The molecule has 2 saturated carbocycles. The van der Waals surface area contributed by atoms with E-state index in [4.69, 9.17) is 0 Å². The molecule has 0 spiro atoms. The number of rotatable bonds is 0. The van der Waals surface area contributed by atoms with Crippen molar-refractivity contribution in [1.82, 2.24) is 0 Å². The van der Waals surface area contributed by atoms with E-state index < -0.39 is 0 Å². The minimum Gasteiger partial charge on any atom is -0.374 e. The van der Waals surface area contributed by atoms with Gasteiger partial charge in [0.25, 0.3) is 0 Å². The molecule has 0 heterocycles. The Bertz CT molecular complexity index is 222. The molecule has 18 heavy (non-hydrogen) atoms. The van der Waals surface area contributed by atoms with Crippen LogP contribution in [-0.2, 0) is 21.7 Å². The third kappa shape index (κ3) is 10.9. The van der Waals surface area contributed by atoms with Gasteiger partial charge in [0.1, 0.15) is 0 Å². The summed E-state index contributed by atoms with van der Waals surface area (Å²) < 4.78 is 0. The zero-order valence-electron chi connectivity index (χ0n) is 10.3. The first-order valence-corrected chi connectivity index (χ1v) is 5.51. The summed E-state index contributed by atoms with van der Waals surface area (Å²) in [7, 11) is 0. The molecule has 1 aromatic rings. The second-order valence-corrected chi connectivity index (χ2v) is 3.31. The van der Waals surface area contributed by atoms with Gasteiger partial charge in [-0.3, -0.25) is 6.07 Å². The monoisotopic (exact) mass is 268 g/mol. The standard InChI is InChI=1S/C7H6.2C5H5.Ti/c1-7-5-3-2-4-6-7;2*1-2-4-5-3-1;/h2-5H,1H2;2*1-5H;/q-2;;;+2. The van der Waals surface area contributed by atoms with Gasteiger partial charge in [0, 0.05) is 0 Å². The van der Waals surface area contributed by atoms with Gasteiger partial charge in [0.05, 0.1) is 0 Å². The van der Waals surface area contributed by atoms with Crippen molar-refractivity contribution in [1.29, 1.82) is 0 Å². The van der Waals surface area contributed by atoms with Crippen LogP contribution >= 0.6 is 0 Å². The largest absolute Gasteiger partial charge is 2.00 e. The van der Waals surface area contributed by atoms with E-state index in [0.717, 1.165) is 5.56 Å². The van der Waals surface area contributed by atoms with E-state index in [2.05, 4.69) is 13.0 Å². The first kappa shape index (κ1) is 17.8. The minimum absolute atomic E-state index is 0. The molecule has 0 amide bonds. The molecule has 0 N–H and O–H groups in total. The van der Waals surface area contributed by atoms with Gasteiger partial charge in [-0.05, 0) is 64.2 Å². The maximum atomic E-state index is 3.66. The topological polar surface area (TPSA) is 0 Å². The normalized spacial score (nSPS) is 16.7. The van der Waals surface area contributed by atoms with Crippen LogP contribution in [0, 0.1) is 77.2 Å². The zero-order chi connectivity index (χ0) is 12.2. The molecule has 0 bridgehead atoms. The van der Waals surface area contributed by atoms with Gasteiger partial charge in [-0.25, -0.2) is 0 Å². The van der Waals surface area contributed by atoms with Crippen LogP contribution in [0.3, 0.4) is 0 Å². The van der Waals surface area contributed by atoms with Gasteiger partial charge >= 0.3 is 21.7 Å². The molecule has 2 fully saturated rings. The molecule has 0 nitrogen and oxygen atoms in total. The smallest absolute Gasteiger partial charge is 0.374 e. The SMILES string of the molecule is [CH2-]c1[c-]cccc1.[CH]1[CH][CH][CH][CH]1.[CH]1[CH][CH][CH][CH]1.[Ti+2]. The molecule has 2 aliphatic carbocycles. The summed E-state index contributed by atoms with van der Waals surface area (Å²) in [6.45, 7) is 3.66. The second kappa shape index (κ2) is 13.2. The van der Waals surface area contributed by atoms with Crippen molar-refractivity contribution < 1.29 is 21.7 Å². The van der Waals surface area contributed by atoms with Crippen molar-refractivity contribution in [2.24, 2.45) is 0 Å². The Balaban J connectivity index is 0.000000239. The maximum absolute atomic E-state index is 3.66. The first-order chi connectivity index (χ1) is 8.39. The van der Waals surface area contributed by atoms with Crippen LogP contribution in [0.15, 0.2) is 24.3 Å². The second-order valence-electron chi connectivity index (χ2n) is 3.31. The molecular weight excluding hydrogens is 252 g/mol. The van der Waals surface area contributed by atoms with Crippen LogP contribution < -0.4 is 0 Å². The summed E-state index contributed by atoms with van der Waals surface area (Å²) in [6, 6.07) is 10.6. The average Bonchev–Trinajstić information content (AvgIpc) is 3.09. The molecule has 10 radical (unpaired) electrons. The fourth-order valence-electron chi connectivity index (χ4n) is 1.07. The molecule has 3 rings (SSSR count). The Kier molecular flexibility index (Phi) is 13.1. The van der Waals surface area contributed by atoms with E-state index in [0.29, 0.717) is 0 Å². The fraction of sp³-hybridized carbons (Fsp3) is 0. The Morgan fingerprint density at radius 3 is 1.22 bits per heavy atom. The van der Waals surface area contributed by atoms with Gasteiger partial charge in [-0.2, -0.15) is 12.1 Å².